The minimum atomic E-state index is 0.0105. The van der Waals surface area contributed by atoms with E-state index in [1.807, 2.05) is 35.4 Å². The lowest BCUT2D eigenvalue weighted by Crippen LogP contribution is -2.46. The third-order valence-corrected chi connectivity index (χ3v) is 5.85. The average molecular weight is 331 g/mol. The molecule has 3 atom stereocenters. The van der Waals surface area contributed by atoms with Crippen LogP contribution in [0, 0.1) is 0 Å². The Labute approximate surface area is 140 Å². The molecule has 23 heavy (non-hydrogen) atoms. The Morgan fingerprint density at radius 1 is 1.39 bits per heavy atom. The van der Waals surface area contributed by atoms with Gasteiger partial charge in [0, 0.05) is 28.6 Å². The van der Waals surface area contributed by atoms with Gasteiger partial charge in [-0.05, 0) is 25.8 Å². The highest BCUT2D eigenvalue weighted by atomic mass is 32.1. The molecule has 4 rings (SSSR count). The molecule has 2 heterocycles. The number of rotatable bonds is 3. The fourth-order valence-corrected chi connectivity index (χ4v) is 4.79. The lowest BCUT2D eigenvalue weighted by molar-refractivity contribution is -0.0484. The summed E-state index contributed by atoms with van der Waals surface area (Å²) in [4.78, 5) is 15.2. The van der Waals surface area contributed by atoms with Gasteiger partial charge in [0.15, 0.2) is 0 Å². The van der Waals surface area contributed by atoms with Crippen molar-refractivity contribution in [3.63, 3.8) is 0 Å². The van der Waals surface area contributed by atoms with Crippen molar-refractivity contribution in [3.05, 3.63) is 35.2 Å². The van der Waals surface area contributed by atoms with Crippen molar-refractivity contribution in [3.8, 4) is 0 Å². The van der Waals surface area contributed by atoms with Gasteiger partial charge >= 0.3 is 0 Å². The van der Waals surface area contributed by atoms with Crippen LogP contribution in [0.15, 0.2) is 29.6 Å². The van der Waals surface area contributed by atoms with Crippen molar-refractivity contribution in [2.24, 2.45) is 0 Å². The first kappa shape index (κ1) is 15.1. The van der Waals surface area contributed by atoms with Crippen LogP contribution in [0.5, 0.6) is 0 Å². The number of fused-ring (bicyclic) bond motifs is 3. The zero-order valence-corrected chi connectivity index (χ0v) is 14.1. The molecule has 122 valence electrons. The Kier molecular flexibility index (Phi) is 4.09. The highest BCUT2D eigenvalue weighted by Crippen LogP contribution is 2.34. The van der Waals surface area contributed by atoms with E-state index >= 15 is 0 Å². The first-order chi connectivity index (χ1) is 11.3. The van der Waals surface area contributed by atoms with Gasteiger partial charge in [0.05, 0.1) is 24.3 Å². The molecule has 2 aromatic rings. The Morgan fingerprint density at radius 2 is 2.26 bits per heavy atom. The van der Waals surface area contributed by atoms with Gasteiger partial charge in [-0.25, -0.2) is 0 Å². The summed E-state index contributed by atoms with van der Waals surface area (Å²) in [5, 5.41) is 3.04. The van der Waals surface area contributed by atoms with Crippen molar-refractivity contribution in [2.75, 3.05) is 19.8 Å². The van der Waals surface area contributed by atoms with Crippen molar-refractivity contribution < 1.29 is 14.3 Å². The molecule has 1 aliphatic carbocycles. The van der Waals surface area contributed by atoms with Gasteiger partial charge < -0.3 is 14.4 Å². The third-order valence-electron chi connectivity index (χ3n) is 4.89. The molecule has 1 aliphatic heterocycles. The quantitative estimate of drug-likeness (QED) is 0.866. The number of hydrogen-bond acceptors (Lipinski definition) is 4. The number of carbonyl (C=O) groups excluding carboxylic acids is 1. The van der Waals surface area contributed by atoms with Crippen LogP contribution in [0.3, 0.4) is 0 Å². The van der Waals surface area contributed by atoms with Crippen LogP contribution in [-0.4, -0.2) is 48.8 Å². The highest BCUT2D eigenvalue weighted by Gasteiger charge is 2.44. The van der Waals surface area contributed by atoms with Crippen molar-refractivity contribution in [1.29, 1.82) is 0 Å². The SMILES string of the molecule is CCOC1C2CCC1N(C(=O)c1csc3ccccc13)CCO2. The van der Waals surface area contributed by atoms with Crippen LogP contribution in [0.1, 0.15) is 30.1 Å². The number of thiophene rings is 1. The molecule has 1 aromatic heterocycles. The number of nitrogens with zero attached hydrogens (tertiary/aromatic N) is 1. The molecule has 3 unspecified atom stereocenters. The number of benzene rings is 1. The van der Waals surface area contributed by atoms with Crippen LogP contribution >= 0.6 is 11.3 Å². The minimum absolute atomic E-state index is 0.0105. The van der Waals surface area contributed by atoms with Gasteiger partial charge in [0.25, 0.3) is 5.91 Å². The first-order valence-electron chi connectivity index (χ1n) is 8.30. The van der Waals surface area contributed by atoms with Gasteiger partial charge in [0.2, 0.25) is 0 Å². The van der Waals surface area contributed by atoms with Crippen LogP contribution in [-0.2, 0) is 9.47 Å². The van der Waals surface area contributed by atoms with E-state index < -0.39 is 0 Å². The summed E-state index contributed by atoms with van der Waals surface area (Å²) < 4.78 is 13.0. The van der Waals surface area contributed by atoms with Gasteiger partial charge in [-0.1, -0.05) is 18.2 Å². The number of ether oxygens (including phenoxy) is 2. The largest absolute Gasteiger partial charge is 0.374 e. The summed E-state index contributed by atoms with van der Waals surface area (Å²) in [7, 11) is 0. The molecule has 4 nitrogen and oxygen atoms in total. The van der Waals surface area contributed by atoms with E-state index in [1.54, 1.807) is 11.3 Å². The second-order valence-electron chi connectivity index (χ2n) is 6.12. The number of carbonyl (C=O) groups is 1. The summed E-state index contributed by atoms with van der Waals surface area (Å²) in [5.41, 5.74) is 0.811. The van der Waals surface area contributed by atoms with E-state index in [0.29, 0.717) is 19.8 Å². The summed E-state index contributed by atoms with van der Waals surface area (Å²) in [5.74, 6) is 0.114. The maximum Gasteiger partial charge on any atom is 0.255 e. The van der Waals surface area contributed by atoms with Crippen molar-refractivity contribution in [2.45, 2.75) is 38.0 Å². The molecule has 1 saturated carbocycles. The summed E-state index contributed by atoms with van der Waals surface area (Å²) in [6.45, 7) is 3.90. The second-order valence-corrected chi connectivity index (χ2v) is 7.03. The lowest BCUT2D eigenvalue weighted by atomic mass is 10.1. The molecule has 5 heteroatoms. The average Bonchev–Trinajstić information content (AvgIpc) is 3.09. The standard InChI is InChI=1S/C18H21NO3S/c1-2-21-17-14-7-8-15(17)22-10-9-19(14)18(20)13-11-23-16-6-4-3-5-12(13)16/h3-6,11,14-15,17H,2,7-10H2,1H3. The molecule has 1 saturated heterocycles. The zero-order chi connectivity index (χ0) is 15.8. The molecule has 1 amide bonds. The third kappa shape index (κ3) is 2.57. The molecule has 0 radical (unpaired) electrons. The Balaban J connectivity index is 1.67. The number of amides is 1. The summed E-state index contributed by atoms with van der Waals surface area (Å²) in [6, 6.07) is 8.24. The van der Waals surface area contributed by atoms with E-state index in [9.17, 15) is 4.79 Å². The van der Waals surface area contributed by atoms with Gasteiger partial charge in [-0.2, -0.15) is 0 Å². The molecular formula is C18H21NO3S. The predicted molar refractivity (Wildman–Crippen MR) is 91.0 cm³/mol. The molecule has 0 spiro atoms. The van der Waals surface area contributed by atoms with Crippen molar-refractivity contribution in [1.82, 2.24) is 4.90 Å². The molecule has 2 fully saturated rings. The monoisotopic (exact) mass is 331 g/mol. The lowest BCUT2D eigenvalue weighted by Gasteiger charge is -2.31. The van der Waals surface area contributed by atoms with Crippen LogP contribution < -0.4 is 0 Å². The van der Waals surface area contributed by atoms with Gasteiger partial charge in [-0.15, -0.1) is 11.3 Å². The van der Waals surface area contributed by atoms with E-state index in [1.165, 1.54) is 0 Å². The zero-order valence-electron chi connectivity index (χ0n) is 13.2. The van der Waals surface area contributed by atoms with Crippen LogP contribution in [0.4, 0.5) is 0 Å². The fraction of sp³-hybridized carbons (Fsp3) is 0.500. The van der Waals surface area contributed by atoms with Crippen LogP contribution in [0.25, 0.3) is 10.1 Å². The van der Waals surface area contributed by atoms with E-state index in [2.05, 4.69) is 6.07 Å². The Morgan fingerprint density at radius 3 is 3.13 bits per heavy atom. The van der Waals surface area contributed by atoms with Gasteiger partial charge in [-0.3, -0.25) is 4.79 Å². The Bertz CT molecular complexity index is 713. The van der Waals surface area contributed by atoms with E-state index in [0.717, 1.165) is 28.5 Å². The van der Waals surface area contributed by atoms with E-state index in [-0.39, 0.29) is 24.2 Å². The smallest absolute Gasteiger partial charge is 0.255 e. The van der Waals surface area contributed by atoms with E-state index in [4.69, 9.17) is 9.47 Å². The minimum Gasteiger partial charge on any atom is -0.374 e. The molecule has 1 aromatic carbocycles. The topological polar surface area (TPSA) is 38.8 Å². The highest BCUT2D eigenvalue weighted by molar-refractivity contribution is 7.17. The maximum atomic E-state index is 13.2. The van der Waals surface area contributed by atoms with Crippen LogP contribution in [0.2, 0.25) is 0 Å². The molecule has 2 bridgehead atoms. The Hall–Kier alpha value is -1.43. The first-order valence-corrected chi connectivity index (χ1v) is 9.18. The predicted octanol–water partition coefficient (Wildman–Crippen LogP) is 3.31. The summed E-state index contributed by atoms with van der Waals surface area (Å²) >= 11 is 1.63. The van der Waals surface area contributed by atoms with Gasteiger partial charge in [0.1, 0.15) is 6.10 Å². The van der Waals surface area contributed by atoms with Crippen molar-refractivity contribution >= 4 is 27.3 Å². The molecule has 2 aliphatic rings. The summed E-state index contributed by atoms with van der Waals surface area (Å²) in [6.07, 6.45) is 2.08. The molecule has 0 N–H and O–H groups in total. The second kappa shape index (κ2) is 6.23. The molecular weight excluding hydrogens is 310 g/mol. The fourth-order valence-electron chi connectivity index (χ4n) is 3.85. The normalized spacial score (nSPS) is 27.3. The number of hydrogen-bond donors (Lipinski definition) is 0. The maximum absolute atomic E-state index is 13.2.